The minimum Gasteiger partial charge on any atom is -0.668 e. The summed E-state index contributed by atoms with van der Waals surface area (Å²) >= 11 is 0. The molecule has 1 radical (unpaired) electrons. The van der Waals surface area contributed by atoms with Crippen LogP contribution in [-0.2, 0) is 22.4 Å². The summed E-state index contributed by atoms with van der Waals surface area (Å²) in [6.45, 7) is 4.66. The summed E-state index contributed by atoms with van der Waals surface area (Å²) in [5.74, 6) is 0.455. The second kappa shape index (κ2) is 25.9. The molecule has 0 aliphatic rings. The van der Waals surface area contributed by atoms with Crippen LogP contribution in [0.3, 0.4) is 0 Å². The summed E-state index contributed by atoms with van der Waals surface area (Å²) in [6, 6.07) is 63.4. The van der Waals surface area contributed by atoms with Gasteiger partial charge in [0.05, 0.1) is 0 Å². The van der Waals surface area contributed by atoms with Crippen LogP contribution in [0.25, 0.3) is 53.9 Å². The molecule has 327 valence electrons. The average molecular weight is 948 g/mol. The van der Waals surface area contributed by atoms with Gasteiger partial charge >= 0.3 is 0 Å². The van der Waals surface area contributed by atoms with Gasteiger partial charge in [-0.3, -0.25) is 0 Å². The Labute approximate surface area is 394 Å². The zero-order chi connectivity index (χ0) is 45.1. The van der Waals surface area contributed by atoms with Gasteiger partial charge in [0, 0.05) is 33.5 Å². The molecule has 8 aromatic rings. The van der Waals surface area contributed by atoms with E-state index in [2.05, 4.69) is 180 Å². The van der Waals surface area contributed by atoms with Crippen molar-refractivity contribution in [2.75, 3.05) is 56.4 Å². The Balaban J connectivity index is 0.000000734. The van der Waals surface area contributed by atoms with E-state index in [1.807, 2.05) is 36.4 Å². The fourth-order valence-corrected chi connectivity index (χ4v) is 15.4. The molecule has 0 saturated carbocycles. The van der Waals surface area contributed by atoms with Crippen molar-refractivity contribution in [3.8, 4) is 22.6 Å². The molecular weight excluding hydrogens is 886 g/mol. The van der Waals surface area contributed by atoms with Crippen LogP contribution in [-0.4, -0.2) is 82.7 Å². The maximum atomic E-state index is 12.9. The molecule has 0 amide bonds. The van der Waals surface area contributed by atoms with Crippen molar-refractivity contribution < 1.29 is 32.6 Å². The van der Waals surface area contributed by atoms with Gasteiger partial charge in [0.25, 0.3) is 0 Å². The van der Waals surface area contributed by atoms with E-state index in [4.69, 9.17) is 0 Å². The molecule has 8 rings (SSSR count). The number of fused-ring (bicyclic) bond motifs is 2. The van der Waals surface area contributed by atoms with Gasteiger partial charge < -0.3 is 31.5 Å². The average Bonchev–Trinajstić information content (AvgIpc) is 3.31. The van der Waals surface area contributed by atoms with Gasteiger partial charge in [0.1, 0.15) is 27.6 Å². The predicted molar refractivity (Wildman–Crippen MR) is 278 cm³/mol. The van der Waals surface area contributed by atoms with E-state index in [9.17, 15) is 10.2 Å². The van der Waals surface area contributed by atoms with E-state index in [1.54, 1.807) is 56.4 Å². The first-order valence-electron chi connectivity index (χ1n) is 20.7. The van der Waals surface area contributed by atoms with Crippen LogP contribution in [0.15, 0.2) is 182 Å². The van der Waals surface area contributed by atoms with Crippen molar-refractivity contribution >= 4 is 68.8 Å². The van der Waals surface area contributed by atoms with Gasteiger partial charge in [-0.2, -0.15) is 56.4 Å². The summed E-state index contributed by atoms with van der Waals surface area (Å²) in [4.78, 5) is 0. The number of phenolic OH excluding ortho intramolecular Hbond substituents is 2. The summed E-state index contributed by atoms with van der Waals surface area (Å²) in [5.41, 5.74) is 1.36. The zero-order valence-corrected chi connectivity index (χ0v) is 42.6. The number of rotatable bonds is 7. The monoisotopic (exact) mass is 947 g/mol. The van der Waals surface area contributed by atoms with Crippen LogP contribution < -0.4 is 31.1 Å². The van der Waals surface area contributed by atoms with E-state index in [1.165, 1.54) is 20.7 Å². The van der Waals surface area contributed by atoms with Crippen LogP contribution in [0.2, 0.25) is 13.1 Å². The minimum atomic E-state index is -2.77. The third-order valence-electron chi connectivity index (χ3n) is 10.8. The van der Waals surface area contributed by atoms with Crippen LogP contribution in [0.4, 0.5) is 0 Å². The first-order valence-corrected chi connectivity index (χ1v) is 25.7. The molecule has 2 N–H and O–H groups in total. The second-order valence-corrected chi connectivity index (χ2v) is 23.1. The number of aromatic hydroxyl groups is 2. The smallest absolute Gasteiger partial charge is 0.150 e. The van der Waals surface area contributed by atoms with Gasteiger partial charge in [-0.05, 0) is 52.7 Å². The summed E-state index contributed by atoms with van der Waals surface area (Å²) in [5, 5.41) is 50.4. The molecule has 0 fully saturated rings. The molecular formula is C54H62N4NbO2Si2-4. The topological polar surface area (TPSA) is 96.9 Å². The molecule has 0 aromatic heterocycles. The van der Waals surface area contributed by atoms with E-state index >= 15 is 0 Å². The fourth-order valence-electron chi connectivity index (χ4n) is 7.98. The first-order chi connectivity index (χ1) is 30.1. The van der Waals surface area contributed by atoms with Gasteiger partial charge in [0.2, 0.25) is 0 Å². The van der Waals surface area contributed by atoms with Crippen molar-refractivity contribution in [3.63, 3.8) is 0 Å². The van der Waals surface area contributed by atoms with Crippen molar-refractivity contribution in [2.45, 2.75) is 13.1 Å². The van der Waals surface area contributed by atoms with E-state index in [0.29, 0.717) is 11.1 Å². The summed E-state index contributed by atoms with van der Waals surface area (Å²) in [7, 11) is 8.47. The number of phenols is 2. The maximum absolute atomic E-state index is 12.9. The molecule has 63 heavy (non-hydrogen) atoms. The molecule has 8 aromatic carbocycles. The molecule has 0 bridgehead atoms. The Morgan fingerprint density at radius 2 is 0.540 bits per heavy atom. The molecule has 0 spiro atoms. The number of benzene rings is 8. The third kappa shape index (κ3) is 11.7. The summed E-state index contributed by atoms with van der Waals surface area (Å²) < 4.78 is 0. The van der Waals surface area contributed by atoms with Gasteiger partial charge in [-0.15, -0.1) is 0 Å². The number of nitrogens with zero attached hydrogens (tertiary/aromatic N) is 4. The Kier molecular flexibility index (Phi) is 21.4. The molecule has 9 heteroatoms. The molecule has 0 atom stereocenters. The minimum absolute atomic E-state index is 0. The third-order valence-corrected chi connectivity index (χ3v) is 19.6. The Morgan fingerprint density at radius 1 is 0.333 bits per heavy atom. The first kappa shape index (κ1) is 52.2. The largest absolute Gasteiger partial charge is 0.668 e. The van der Waals surface area contributed by atoms with E-state index in [-0.39, 0.29) is 33.9 Å². The quantitative estimate of drug-likeness (QED) is 0.123. The normalized spacial score (nSPS) is 10.6. The van der Waals surface area contributed by atoms with Crippen LogP contribution in [0.5, 0.6) is 11.5 Å². The number of hydrogen-bond acceptors (Lipinski definition) is 2. The van der Waals surface area contributed by atoms with Crippen molar-refractivity contribution in [1.29, 1.82) is 0 Å². The molecule has 0 saturated heterocycles. The Bertz CT molecular complexity index is 2300. The van der Waals surface area contributed by atoms with Gasteiger partial charge in [0.15, 0.2) is 0 Å². The molecule has 6 nitrogen and oxygen atoms in total. The van der Waals surface area contributed by atoms with Crippen molar-refractivity contribution in [2.24, 2.45) is 0 Å². The fraction of sp³-hybridized carbons (Fsp3) is 0.185. The van der Waals surface area contributed by atoms with Crippen molar-refractivity contribution in [1.82, 2.24) is 0 Å². The number of hydrogen-bond donors (Lipinski definition) is 2. The SMILES string of the molecule is C[N-]C.C[N-]C.C[N-]C.C[N-]C.C[Si](c1ccccc1)(c1ccccc1)c1cc2ccccc2c(-c2c(O)c([Si](C)(c3ccccc3)c3ccccc3)cc3ccccc23)c1O.[Nb]. The Morgan fingerprint density at radius 3 is 0.778 bits per heavy atom. The van der Waals surface area contributed by atoms with Crippen molar-refractivity contribution in [3.05, 3.63) is 203 Å². The standard InChI is InChI=1S/C46H38O2Si2.4C2H6N.Nb/c1-49(35-21-7-3-8-22-35,36-23-9-4-10-24-36)41-31-33-19-15-17-29-39(33)43(45(41)47)44-40-30-18-16-20-34(40)32-42(46(44)48)50(2,37-25-11-5-12-26-37)38-27-13-6-14-28-38;4*1-3-2;/h3-32,47-48H,1-2H3;4*1-2H3;/q;4*-1;. The Hall–Kier alpha value is -5.11. The van der Waals surface area contributed by atoms with Gasteiger partial charge in [-0.1, -0.05) is 195 Å². The van der Waals surface area contributed by atoms with Crippen LogP contribution in [0.1, 0.15) is 0 Å². The zero-order valence-electron chi connectivity index (χ0n) is 38.5. The summed E-state index contributed by atoms with van der Waals surface area (Å²) in [6.07, 6.45) is 0. The van der Waals surface area contributed by atoms with E-state index < -0.39 is 16.1 Å². The second-order valence-electron chi connectivity index (χ2n) is 15.2. The molecule has 0 heterocycles. The van der Waals surface area contributed by atoms with E-state index in [0.717, 1.165) is 31.9 Å². The molecule has 0 unspecified atom stereocenters. The predicted octanol–water partition coefficient (Wildman–Crippen LogP) is 9.75. The molecule has 0 aliphatic carbocycles. The molecule has 0 aliphatic heterocycles. The van der Waals surface area contributed by atoms with Gasteiger partial charge in [-0.25, -0.2) is 0 Å². The van der Waals surface area contributed by atoms with Crippen LogP contribution >= 0.6 is 0 Å². The maximum Gasteiger partial charge on any atom is 0.150 e. The van der Waals surface area contributed by atoms with Crippen LogP contribution in [0, 0.1) is 0 Å².